The molecule has 28 heavy (non-hydrogen) atoms. The van der Waals surface area contributed by atoms with Gasteiger partial charge in [0.25, 0.3) is 0 Å². The van der Waals surface area contributed by atoms with Crippen molar-refractivity contribution in [3.63, 3.8) is 0 Å². The second-order valence-electron chi connectivity index (χ2n) is 7.26. The van der Waals surface area contributed by atoms with Crippen molar-refractivity contribution < 1.29 is 9.59 Å². The monoisotopic (exact) mass is 381 g/mol. The Balaban J connectivity index is 1.58. The summed E-state index contributed by atoms with van der Waals surface area (Å²) in [7, 11) is 0. The first kappa shape index (κ1) is 19.8. The highest BCUT2D eigenvalue weighted by Crippen LogP contribution is 2.25. The number of nitrogens with zero attached hydrogens (tertiary/aromatic N) is 3. The number of benzene rings is 1. The van der Waals surface area contributed by atoms with Crippen LogP contribution in [0.25, 0.3) is 0 Å². The third-order valence-corrected chi connectivity index (χ3v) is 4.84. The summed E-state index contributed by atoms with van der Waals surface area (Å²) in [5.41, 5.74) is 9.11. The number of hydrogen-bond acceptors (Lipinski definition) is 5. The highest BCUT2D eigenvalue weighted by molar-refractivity contribution is 6.00. The molecule has 1 aliphatic rings. The van der Waals surface area contributed by atoms with Crippen LogP contribution in [0.5, 0.6) is 0 Å². The summed E-state index contributed by atoms with van der Waals surface area (Å²) in [6.45, 7) is 6.27. The maximum Gasteiger partial charge on any atom is 0.243 e. The summed E-state index contributed by atoms with van der Waals surface area (Å²) in [4.78, 5) is 35.0. The average Bonchev–Trinajstić information content (AvgIpc) is 3.06. The molecule has 1 unspecified atom stereocenters. The summed E-state index contributed by atoms with van der Waals surface area (Å²) < 4.78 is 0. The third-order valence-electron chi connectivity index (χ3n) is 4.84. The molecule has 2 aromatic rings. The number of aromatic nitrogens is 2. The zero-order valence-corrected chi connectivity index (χ0v) is 16.7. The molecule has 7 nitrogen and oxygen atoms in total. The molecule has 2 amide bonds. The molecule has 0 bridgehead atoms. The maximum atomic E-state index is 12.5. The van der Waals surface area contributed by atoms with Gasteiger partial charge in [-0.2, -0.15) is 0 Å². The zero-order valence-electron chi connectivity index (χ0n) is 16.7. The van der Waals surface area contributed by atoms with Gasteiger partial charge in [-0.05, 0) is 50.5 Å². The summed E-state index contributed by atoms with van der Waals surface area (Å²) in [5.74, 6) is -0.345. The van der Waals surface area contributed by atoms with Gasteiger partial charge in [-0.15, -0.1) is 0 Å². The lowest BCUT2D eigenvalue weighted by molar-refractivity contribution is -0.125. The van der Waals surface area contributed by atoms with E-state index in [2.05, 4.69) is 39.9 Å². The van der Waals surface area contributed by atoms with Crippen LogP contribution in [0.3, 0.4) is 0 Å². The van der Waals surface area contributed by atoms with Crippen molar-refractivity contribution in [2.45, 2.75) is 46.5 Å². The maximum absolute atomic E-state index is 12.5. The molecule has 1 aromatic heterocycles. The number of hydrazine groups is 1. The van der Waals surface area contributed by atoms with E-state index in [4.69, 9.17) is 0 Å². The van der Waals surface area contributed by atoms with E-state index in [-0.39, 0.29) is 18.2 Å². The Labute approximate surface area is 165 Å². The Hall–Kier alpha value is -2.96. The molecule has 148 valence electrons. The van der Waals surface area contributed by atoms with Gasteiger partial charge >= 0.3 is 0 Å². The number of rotatable bonds is 7. The van der Waals surface area contributed by atoms with E-state index in [1.807, 2.05) is 32.0 Å². The zero-order chi connectivity index (χ0) is 20.1. The van der Waals surface area contributed by atoms with E-state index in [9.17, 15) is 9.59 Å². The summed E-state index contributed by atoms with van der Waals surface area (Å²) in [6, 6.07) is 9.90. The van der Waals surface area contributed by atoms with E-state index >= 15 is 0 Å². The molecule has 1 aliphatic heterocycles. The van der Waals surface area contributed by atoms with Crippen LogP contribution in [0, 0.1) is 19.8 Å². The van der Waals surface area contributed by atoms with E-state index in [0.717, 1.165) is 36.3 Å². The number of aryl methyl sites for hydroxylation is 3. The Bertz CT molecular complexity index is 830. The van der Waals surface area contributed by atoms with Crippen LogP contribution >= 0.6 is 0 Å². The van der Waals surface area contributed by atoms with Crippen molar-refractivity contribution in [3.8, 4) is 0 Å². The van der Waals surface area contributed by atoms with Crippen LogP contribution in [0.1, 0.15) is 43.1 Å². The van der Waals surface area contributed by atoms with Gasteiger partial charge in [0.05, 0.1) is 5.92 Å². The van der Waals surface area contributed by atoms with Crippen LogP contribution in [0.2, 0.25) is 0 Å². The molecule has 3 rings (SSSR count). The van der Waals surface area contributed by atoms with Crippen molar-refractivity contribution in [2.75, 3.05) is 16.9 Å². The predicted octanol–water partition coefficient (Wildman–Crippen LogP) is 2.93. The van der Waals surface area contributed by atoms with Crippen molar-refractivity contribution >= 4 is 23.5 Å². The Morgan fingerprint density at radius 1 is 1.18 bits per heavy atom. The largest absolute Gasteiger partial charge is 0.312 e. The minimum atomic E-state index is -0.411. The van der Waals surface area contributed by atoms with Gasteiger partial charge < -0.3 is 4.90 Å². The molecule has 0 saturated carbocycles. The number of carbonyl (C=O) groups excluding carboxylic acids is 2. The van der Waals surface area contributed by atoms with Gasteiger partial charge in [0.1, 0.15) is 0 Å². The first-order valence-electron chi connectivity index (χ1n) is 9.73. The lowest BCUT2D eigenvalue weighted by Gasteiger charge is -2.17. The summed E-state index contributed by atoms with van der Waals surface area (Å²) in [6.07, 6.45) is 3.55. The normalized spacial score (nSPS) is 16.3. The van der Waals surface area contributed by atoms with Gasteiger partial charge in [0.15, 0.2) is 0 Å². The van der Waals surface area contributed by atoms with Crippen molar-refractivity contribution in [1.82, 2.24) is 15.4 Å². The number of hydrogen-bond donors (Lipinski definition) is 2. The molecule has 0 radical (unpaired) electrons. The smallest absolute Gasteiger partial charge is 0.243 e. The molecule has 1 saturated heterocycles. The molecular weight excluding hydrogens is 354 g/mol. The van der Waals surface area contributed by atoms with Crippen LogP contribution in [-0.2, 0) is 16.0 Å². The summed E-state index contributed by atoms with van der Waals surface area (Å²) >= 11 is 0. The number of nitrogens with one attached hydrogen (secondary N) is 2. The standard InChI is InChI=1S/C21H27N5O2/c1-4-5-6-16-7-9-18(10-8-16)26-13-17(12-19(26)27)20(28)24-25-21-22-14(2)11-15(3)23-21/h7-11,17H,4-6,12-13H2,1-3H3,(H,24,28)(H,22,23,25). The average molecular weight is 381 g/mol. The minimum Gasteiger partial charge on any atom is -0.312 e. The van der Waals surface area contributed by atoms with Gasteiger partial charge in [0.2, 0.25) is 17.8 Å². The lowest BCUT2D eigenvalue weighted by Crippen LogP contribution is -2.37. The van der Waals surface area contributed by atoms with Crippen molar-refractivity contribution in [3.05, 3.63) is 47.3 Å². The molecule has 1 fully saturated rings. The van der Waals surface area contributed by atoms with E-state index in [1.165, 1.54) is 5.56 Å². The van der Waals surface area contributed by atoms with Gasteiger partial charge in [0, 0.05) is 30.0 Å². The van der Waals surface area contributed by atoms with Crippen molar-refractivity contribution in [2.24, 2.45) is 5.92 Å². The number of amides is 2. The molecule has 0 spiro atoms. The fourth-order valence-electron chi connectivity index (χ4n) is 3.36. The fraction of sp³-hybridized carbons (Fsp3) is 0.429. The lowest BCUT2D eigenvalue weighted by atomic mass is 10.1. The highest BCUT2D eigenvalue weighted by atomic mass is 16.2. The number of carbonyl (C=O) groups is 2. The Kier molecular flexibility index (Phi) is 6.23. The van der Waals surface area contributed by atoms with Gasteiger partial charge in [-0.3, -0.25) is 20.4 Å². The molecule has 1 atom stereocenters. The summed E-state index contributed by atoms with van der Waals surface area (Å²) in [5, 5.41) is 0. The van der Waals surface area contributed by atoms with Crippen LogP contribution in [0.15, 0.2) is 30.3 Å². The van der Waals surface area contributed by atoms with Gasteiger partial charge in [-0.1, -0.05) is 25.5 Å². The first-order chi connectivity index (χ1) is 13.5. The molecule has 0 aliphatic carbocycles. The van der Waals surface area contributed by atoms with Crippen LogP contribution < -0.4 is 15.8 Å². The first-order valence-corrected chi connectivity index (χ1v) is 9.73. The van der Waals surface area contributed by atoms with E-state index in [1.54, 1.807) is 4.90 Å². The quantitative estimate of drug-likeness (QED) is 0.720. The molecule has 2 heterocycles. The third kappa shape index (κ3) is 4.85. The van der Waals surface area contributed by atoms with Crippen molar-refractivity contribution in [1.29, 1.82) is 0 Å². The topological polar surface area (TPSA) is 87.2 Å². The van der Waals surface area contributed by atoms with Crippen LogP contribution in [0.4, 0.5) is 11.6 Å². The second kappa shape index (κ2) is 8.82. The highest BCUT2D eigenvalue weighted by Gasteiger charge is 2.35. The predicted molar refractivity (Wildman–Crippen MR) is 109 cm³/mol. The van der Waals surface area contributed by atoms with E-state index < -0.39 is 5.92 Å². The molecule has 2 N–H and O–H groups in total. The SMILES string of the molecule is CCCCc1ccc(N2CC(C(=O)NNc3nc(C)cc(C)n3)CC2=O)cc1. The molecule has 1 aromatic carbocycles. The number of unbranched alkanes of at least 4 members (excludes halogenated alkanes) is 1. The Morgan fingerprint density at radius 3 is 2.50 bits per heavy atom. The Morgan fingerprint density at radius 2 is 1.86 bits per heavy atom. The number of anilines is 2. The fourth-order valence-corrected chi connectivity index (χ4v) is 3.36. The molecular formula is C21H27N5O2. The second-order valence-corrected chi connectivity index (χ2v) is 7.26. The minimum absolute atomic E-state index is 0.0379. The van der Waals surface area contributed by atoms with Crippen LogP contribution in [-0.4, -0.2) is 28.3 Å². The molecule has 7 heteroatoms. The van der Waals surface area contributed by atoms with E-state index in [0.29, 0.717) is 12.5 Å². The van der Waals surface area contributed by atoms with Gasteiger partial charge in [-0.25, -0.2) is 9.97 Å².